The number of carbonyl (C=O) groups excluding carboxylic acids is 2. The quantitative estimate of drug-likeness (QED) is 0.711. The fourth-order valence-electron chi connectivity index (χ4n) is 3.61. The molecule has 4 heterocycles. The van der Waals surface area contributed by atoms with Crippen LogP contribution in [0, 0.1) is 11.3 Å². The highest BCUT2D eigenvalue weighted by Crippen LogP contribution is 2.43. The number of amides is 3. The molecule has 8 heteroatoms. The Bertz CT molecular complexity index is 1240. The smallest absolute Gasteiger partial charge is 0.329 e. The van der Waals surface area contributed by atoms with Gasteiger partial charge in [0, 0.05) is 39.8 Å². The zero-order valence-electron chi connectivity index (χ0n) is 14.9. The van der Waals surface area contributed by atoms with Crippen LogP contribution in [0.15, 0.2) is 61.2 Å². The molecule has 2 aromatic heterocycles. The lowest BCUT2D eigenvalue weighted by atomic mass is 10.1. The molecule has 1 N–H and O–H groups in total. The average Bonchev–Trinajstić information content (AvgIpc) is 3.18. The van der Waals surface area contributed by atoms with E-state index in [9.17, 15) is 14.9 Å². The minimum Gasteiger partial charge on any atom is -0.329 e. The van der Waals surface area contributed by atoms with Gasteiger partial charge < -0.3 is 5.32 Å². The molecule has 0 bridgehead atoms. The summed E-state index contributed by atoms with van der Waals surface area (Å²) in [6.45, 7) is 0. The molecule has 7 nitrogen and oxygen atoms in total. The van der Waals surface area contributed by atoms with Crippen molar-refractivity contribution in [2.75, 3.05) is 4.90 Å². The Kier molecular flexibility index (Phi) is 4.03. The lowest BCUT2D eigenvalue weighted by Crippen LogP contribution is -2.60. The van der Waals surface area contributed by atoms with Crippen molar-refractivity contribution in [3.63, 3.8) is 0 Å². The third kappa shape index (κ3) is 2.75. The largest absolute Gasteiger partial charge is 0.329 e. The predicted molar refractivity (Wildman–Crippen MR) is 110 cm³/mol. The molecule has 1 aromatic carbocycles. The van der Waals surface area contributed by atoms with Crippen LogP contribution in [0.3, 0.4) is 0 Å². The predicted octanol–water partition coefficient (Wildman–Crippen LogP) is 3.08. The normalized spacial score (nSPS) is 20.8. The number of pyridine rings is 2. The van der Waals surface area contributed by atoms with Gasteiger partial charge in [-0.3, -0.25) is 14.8 Å². The highest BCUT2D eigenvalue weighted by atomic mass is 32.2. The number of nitrogens with zero attached hydrogens (tertiary/aromatic N) is 4. The van der Waals surface area contributed by atoms with Gasteiger partial charge in [0.15, 0.2) is 0 Å². The Hall–Kier alpha value is -3.70. The van der Waals surface area contributed by atoms with Gasteiger partial charge in [-0.25, -0.2) is 9.69 Å². The minimum atomic E-state index is -0.513. The maximum absolute atomic E-state index is 13.3. The van der Waals surface area contributed by atoms with Gasteiger partial charge in [-0.2, -0.15) is 5.26 Å². The van der Waals surface area contributed by atoms with Crippen molar-refractivity contribution in [2.45, 2.75) is 11.3 Å². The summed E-state index contributed by atoms with van der Waals surface area (Å²) in [6.07, 6.45) is 8.16. The summed E-state index contributed by atoms with van der Waals surface area (Å²) in [5.41, 5.74) is 1.60. The molecule has 5 rings (SSSR count). The van der Waals surface area contributed by atoms with Crippen molar-refractivity contribution in [1.29, 1.82) is 5.26 Å². The average molecular weight is 399 g/mol. The van der Waals surface area contributed by atoms with E-state index in [2.05, 4.69) is 21.4 Å². The molecule has 1 fully saturated rings. The van der Waals surface area contributed by atoms with Crippen LogP contribution in [0.5, 0.6) is 0 Å². The SMILES string of the molecule is N#Cc1cnccc1C1=CC2NC(=O)N(c3cncc4ccccc34)C(=O)C2S1. The van der Waals surface area contributed by atoms with Crippen LogP contribution in [0.25, 0.3) is 15.7 Å². The summed E-state index contributed by atoms with van der Waals surface area (Å²) in [6, 6.07) is 10.4. The summed E-state index contributed by atoms with van der Waals surface area (Å²) in [4.78, 5) is 36.2. The number of urea groups is 1. The van der Waals surface area contributed by atoms with E-state index in [1.165, 1.54) is 24.2 Å². The number of aromatic nitrogens is 2. The molecule has 3 aromatic rings. The van der Waals surface area contributed by atoms with E-state index in [1.54, 1.807) is 18.5 Å². The molecule has 0 radical (unpaired) electrons. The van der Waals surface area contributed by atoms with E-state index in [0.717, 1.165) is 20.6 Å². The molecule has 2 aliphatic rings. The number of hydrogen-bond acceptors (Lipinski definition) is 6. The van der Waals surface area contributed by atoms with Crippen molar-refractivity contribution in [2.24, 2.45) is 0 Å². The van der Waals surface area contributed by atoms with E-state index in [0.29, 0.717) is 16.8 Å². The van der Waals surface area contributed by atoms with E-state index < -0.39 is 17.3 Å². The number of nitriles is 1. The van der Waals surface area contributed by atoms with Gasteiger partial charge in [-0.1, -0.05) is 24.3 Å². The summed E-state index contributed by atoms with van der Waals surface area (Å²) in [5.74, 6) is -0.305. The lowest BCUT2D eigenvalue weighted by molar-refractivity contribution is -0.118. The maximum atomic E-state index is 13.3. The molecule has 1 saturated heterocycles. The first-order valence-corrected chi connectivity index (χ1v) is 9.75. The minimum absolute atomic E-state index is 0.305. The van der Waals surface area contributed by atoms with Gasteiger partial charge >= 0.3 is 6.03 Å². The van der Waals surface area contributed by atoms with Crippen molar-refractivity contribution in [3.05, 3.63) is 72.3 Å². The summed E-state index contributed by atoms with van der Waals surface area (Å²) in [5, 5.41) is 13.4. The van der Waals surface area contributed by atoms with Crippen molar-refractivity contribution >= 4 is 45.1 Å². The number of rotatable bonds is 2. The molecular weight excluding hydrogens is 386 g/mol. The highest BCUT2D eigenvalue weighted by Gasteiger charge is 2.45. The fourth-order valence-corrected chi connectivity index (χ4v) is 4.92. The zero-order chi connectivity index (χ0) is 20.0. The number of hydrogen-bond donors (Lipinski definition) is 1. The molecule has 140 valence electrons. The third-order valence-corrected chi connectivity index (χ3v) is 6.32. The number of thioether (sulfide) groups is 1. The second-order valence-corrected chi connectivity index (χ2v) is 7.81. The van der Waals surface area contributed by atoms with Crippen LogP contribution in [-0.4, -0.2) is 33.2 Å². The van der Waals surface area contributed by atoms with E-state index in [4.69, 9.17) is 0 Å². The van der Waals surface area contributed by atoms with Crippen LogP contribution < -0.4 is 10.2 Å². The fraction of sp³-hybridized carbons (Fsp3) is 0.0952. The molecule has 2 atom stereocenters. The first-order chi connectivity index (χ1) is 14.2. The number of benzene rings is 1. The third-order valence-electron chi connectivity index (χ3n) is 4.96. The summed E-state index contributed by atoms with van der Waals surface area (Å²) < 4.78 is 0. The molecule has 3 amide bonds. The van der Waals surface area contributed by atoms with Crippen molar-refractivity contribution < 1.29 is 9.59 Å². The Morgan fingerprint density at radius 2 is 1.97 bits per heavy atom. The summed E-state index contributed by atoms with van der Waals surface area (Å²) >= 11 is 1.35. The number of anilines is 1. The second kappa shape index (κ2) is 6.72. The van der Waals surface area contributed by atoms with Gasteiger partial charge in [0.2, 0.25) is 0 Å². The highest BCUT2D eigenvalue weighted by molar-refractivity contribution is 8.09. The number of fused-ring (bicyclic) bond motifs is 2. The molecule has 2 unspecified atom stereocenters. The van der Waals surface area contributed by atoms with Gasteiger partial charge in [0.1, 0.15) is 11.3 Å². The Labute approximate surface area is 170 Å². The standard InChI is InChI=1S/C21H13N5O2S/c22-8-13-10-23-6-5-15(13)18-7-16-19(29-18)20(27)26(21(28)25-16)17-11-24-9-12-3-1-2-4-14(12)17/h1-7,9-11,16,19H,(H,25,28). The van der Waals surface area contributed by atoms with Crippen molar-refractivity contribution in [3.8, 4) is 6.07 Å². The molecule has 2 aliphatic heterocycles. The van der Waals surface area contributed by atoms with Gasteiger partial charge in [0.25, 0.3) is 5.91 Å². The first kappa shape index (κ1) is 17.4. The maximum Gasteiger partial charge on any atom is 0.329 e. The Morgan fingerprint density at radius 3 is 2.83 bits per heavy atom. The Balaban J connectivity index is 1.52. The van der Waals surface area contributed by atoms with Crippen LogP contribution in [0.4, 0.5) is 10.5 Å². The number of carbonyl (C=O) groups is 2. The Morgan fingerprint density at radius 1 is 1.10 bits per heavy atom. The molecule has 0 aliphatic carbocycles. The number of imide groups is 1. The van der Waals surface area contributed by atoms with Crippen LogP contribution in [0.1, 0.15) is 11.1 Å². The van der Waals surface area contributed by atoms with E-state index >= 15 is 0 Å². The van der Waals surface area contributed by atoms with E-state index in [1.807, 2.05) is 30.3 Å². The van der Waals surface area contributed by atoms with Crippen LogP contribution >= 0.6 is 11.8 Å². The monoisotopic (exact) mass is 399 g/mol. The molecular formula is C21H13N5O2S. The van der Waals surface area contributed by atoms with Crippen LogP contribution in [-0.2, 0) is 4.79 Å². The van der Waals surface area contributed by atoms with Crippen molar-refractivity contribution in [1.82, 2.24) is 15.3 Å². The molecule has 29 heavy (non-hydrogen) atoms. The van der Waals surface area contributed by atoms with E-state index in [-0.39, 0.29) is 5.91 Å². The molecule has 0 saturated carbocycles. The lowest BCUT2D eigenvalue weighted by Gasteiger charge is -2.33. The first-order valence-electron chi connectivity index (χ1n) is 8.87. The second-order valence-electron chi connectivity index (χ2n) is 6.63. The molecule has 0 spiro atoms. The number of nitrogens with one attached hydrogen (secondary N) is 1. The van der Waals surface area contributed by atoms with Gasteiger partial charge in [0.05, 0.1) is 23.5 Å². The zero-order valence-corrected chi connectivity index (χ0v) is 15.8. The van der Waals surface area contributed by atoms with Gasteiger partial charge in [-0.15, -0.1) is 11.8 Å². The topological polar surface area (TPSA) is 99.0 Å². The van der Waals surface area contributed by atoms with Crippen LogP contribution in [0.2, 0.25) is 0 Å². The summed E-state index contributed by atoms with van der Waals surface area (Å²) in [7, 11) is 0. The van der Waals surface area contributed by atoms with Gasteiger partial charge in [-0.05, 0) is 12.1 Å².